The van der Waals surface area contributed by atoms with E-state index in [9.17, 15) is 14.7 Å². The maximum absolute atomic E-state index is 12.1. The summed E-state index contributed by atoms with van der Waals surface area (Å²) in [7, 11) is 1.51. The predicted octanol–water partition coefficient (Wildman–Crippen LogP) is 2.95. The molecule has 7 nitrogen and oxygen atoms in total. The maximum atomic E-state index is 12.1. The van der Waals surface area contributed by atoms with E-state index in [1.165, 1.54) is 7.11 Å². The van der Waals surface area contributed by atoms with Crippen LogP contribution >= 0.6 is 15.9 Å². The van der Waals surface area contributed by atoms with Gasteiger partial charge in [0.1, 0.15) is 6.04 Å². The van der Waals surface area contributed by atoms with Crippen LogP contribution in [0.25, 0.3) is 0 Å². The van der Waals surface area contributed by atoms with Gasteiger partial charge in [-0.05, 0) is 38.8 Å². The quantitative estimate of drug-likeness (QED) is 0.541. The molecule has 8 heteroatoms. The molecule has 0 aromatic heterocycles. The summed E-state index contributed by atoms with van der Waals surface area (Å²) >= 11 is 3.47. The fourth-order valence-corrected chi connectivity index (χ4v) is 2.93. The van der Waals surface area contributed by atoms with Crippen LogP contribution in [0.5, 0.6) is 11.5 Å². The normalized spacial score (nSPS) is 12.6. The molecule has 0 heterocycles. The molecule has 1 atom stereocenters. The molecule has 3 N–H and O–H groups in total. The summed E-state index contributed by atoms with van der Waals surface area (Å²) in [6.07, 6.45) is 0. The largest absolute Gasteiger partial charge is 0.493 e. The Morgan fingerprint density at radius 1 is 1.26 bits per heavy atom. The van der Waals surface area contributed by atoms with E-state index in [0.717, 1.165) is 4.47 Å². The SMILES string of the molecule is COc1ccc(Br)c(CNC(C(=O)O)C(C)C)c1OCC(=O)NC(C)(C)C. The minimum Gasteiger partial charge on any atom is -0.493 e. The smallest absolute Gasteiger partial charge is 0.320 e. The molecule has 0 aliphatic heterocycles. The first kappa shape index (κ1) is 23.2. The topological polar surface area (TPSA) is 96.9 Å². The van der Waals surface area contributed by atoms with Gasteiger partial charge in [-0.1, -0.05) is 29.8 Å². The minimum atomic E-state index is -0.920. The lowest BCUT2D eigenvalue weighted by molar-refractivity contribution is -0.140. The van der Waals surface area contributed by atoms with E-state index < -0.39 is 12.0 Å². The van der Waals surface area contributed by atoms with Gasteiger partial charge in [0.2, 0.25) is 0 Å². The van der Waals surface area contributed by atoms with Crippen molar-refractivity contribution < 1.29 is 24.2 Å². The van der Waals surface area contributed by atoms with Crippen molar-refractivity contribution in [3.8, 4) is 11.5 Å². The van der Waals surface area contributed by atoms with Crippen LogP contribution in [0.15, 0.2) is 16.6 Å². The maximum Gasteiger partial charge on any atom is 0.320 e. The highest BCUT2D eigenvalue weighted by Crippen LogP contribution is 2.36. The zero-order chi connectivity index (χ0) is 20.8. The van der Waals surface area contributed by atoms with Crippen LogP contribution < -0.4 is 20.1 Å². The lowest BCUT2D eigenvalue weighted by atomic mass is 10.0. The van der Waals surface area contributed by atoms with Crippen LogP contribution in [-0.4, -0.2) is 42.3 Å². The van der Waals surface area contributed by atoms with Crippen molar-refractivity contribution in [2.24, 2.45) is 5.92 Å². The average molecular weight is 445 g/mol. The number of hydrogen-bond acceptors (Lipinski definition) is 5. The lowest BCUT2D eigenvalue weighted by Gasteiger charge is -2.23. The fourth-order valence-electron chi connectivity index (χ4n) is 2.48. The van der Waals surface area contributed by atoms with Crippen molar-refractivity contribution in [1.82, 2.24) is 10.6 Å². The summed E-state index contributed by atoms with van der Waals surface area (Å²) in [5, 5.41) is 15.2. The van der Waals surface area contributed by atoms with E-state index in [4.69, 9.17) is 9.47 Å². The minimum absolute atomic E-state index is 0.0891. The molecule has 152 valence electrons. The summed E-state index contributed by atoms with van der Waals surface area (Å²) in [5.74, 6) is -0.398. The second kappa shape index (κ2) is 9.94. The van der Waals surface area contributed by atoms with E-state index in [1.807, 2.05) is 34.6 Å². The number of carbonyl (C=O) groups is 2. The Morgan fingerprint density at radius 3 is 2.37 bits per heavy atom. The molecular weight excluding hydrogens is 416 g/mol. The average Bonchev–Trinajstić information content (AvgIpc) is 2.52. The Balaban J connectivity index is 3.03. The molecule has 0 saturated carbocycles. The number of halogens is 1. The highest BCUT2D eigenvalue weighted by atomic mass is 79.9. The van der Waals surface area contributed by atoms with Gasteiger partial charge < -0.3 is 19.9 Å². The number of rotatable bonds is 9. The molecule has 0 fully saturated rings. The summed E-state index contributed by atoms with van der Waals surface area (Å²) in [6.45, 7) is 9.39. The lowest BCUT2D eigenvalue weighted by Crippen LogP contribution is -2.43. The van der Waals surface area contributed by atoms with Gasteiger partial charge in [-0.15, -0.1) is 0 Å². The number of carboxylic acids is 1. The third-order valence-electron chi connectivity index (χ3n) is 3.68. The molecule has 0 bridgehead atoms. The van der Waals surface area contributed by atoms with Crippen LogP contribution in [0.4, 0.5) is 0 Å². The zero-order valence-electron chi connectivity index (χ0n) is 16.7. The van der Waals surface area contributed by atoms with E-state index in [1.54, 1.807) is 12.1 Å². The Hall–Kier alpha value is -1.80. The summed E-state index contributed by atoms with van der Waals surface area (Å²) < 4.78 is 11.8. The molecule has 0 radical (unpaired) electrons. The van der Waals surface area contributed by atoms with Crippen molar-refractivity contribution in [1.29, 1.82) is 0 Å². The monoisotopic (exact) mass is 444 g/mol. The molecule has 1 unspecified atom stereocenters. The zero-order valence-corrected chi connectivity index (χ0v) is 18.3. The number of benzene rings is 1. The number of carboxylic acid groups (broad SMARTS) is 1. The molecule has 1 aromatic rings. The Morgan fingerprint density at radius 2 is 1.89 bits per heavy atom. The second-order valence-corrected chi connectivity index (χ2v) is 8.44. The molecule has 27 heavy (non-hydrogen) atoms. The Labute approximate surface area is 168 Å². The van der Waals surface area contributed by atoms with Gasteiger partial charge in [-0.2, -0.15) is 0 Å². The van der Waals surface area contributed by atoms with Gasteiger partial charge in [-0.3, -0.25) is 14.9 Å². The van der Waals surface area contributed by atoms with Gasteiger partial charge >= 0.3 is 5.97 Å². The molecular formula is C19H29BrN2O5. The number of ether oxygens (including phenoxy) is 2. The number of methoxy groups -OCH3 is 1. The molecule has 0 aliphatic rings. The number of nitrogens with one attached hydrogen (secondary N) is 2. The number of aliphatic carboxylic acids is 1. The molecule has 0 spiro atoms. The first-order valence-corrected chi connectivity index (χ1v) is 9.51. The van der Waals surface area contributed by atoms with Crippen molar-refractivity contribution >= 4 is 27.8 Å². The third-order valence-corrected chi connectivity index (χ3v) is 4.42. The van der Waals surface area contributed by atoms with Gasteiger partial charge in [0.25, 0.3) is 5.91 Å². The molecule has 1 rings (SSSR count). The summed E-state index contributed by atoms with van der Waals surface area (Å²) in [4.78, 5) is 23.5. The Kier molecular flexibility index (Phi) is 8.56. The van der Waals surface area contributed by atoms with Gasteiger partial charge in [0, 0.05) is 22.1 Å². The molecule has 0 saturated heterocycles. The first-order valence-electron chi connectivity index (χ1n) is 8.71. The summed E-state index contributed by atoms with van der Waals surface area (Å²) in [6, 6.07) is 2.81. The predicted molar refractivity (Wildman–Crippen MR) is 107 cm³/mol. The van der Waals surface area contributed by atoms with E-state index in [2.05, 4.69) is 26.6 Å². The van der Waals surface area contributed by atoms with Crippen LogP contribution in [0.3, 0.4) is 0 Å². The fraction of sp³-hybridized carbons (Fsp3) is 0.579. The summed E-state index contributed by atoms with van der Waals surface area (Å²) in [5.41, 5.74) is 0.322. The van der Waals surface area contributed by atoms with Gasteiger partial charge in [-0.25, -0.2) is 0 Å². The Bertz CT molecular complexity index is 671. The highest BCUT2D eigenvalue weighted by molar-refractivity contribution is 9.10. The van der Waals surface area contributed by atoms with Crippen molar-refractivity contribution in [2.45, 2.75) is 52.7 Å². The van der Waals surface area contributed by atoms with Crippen LogP contribution in [-0.2, 0) is 16.1 Å². The molecule has 0 aliphatic carbocycles. The molecule has 1 amide bonds. The number of hydrogen-bond donors (Lipinski definition) is 3. The van der Waals surface area contributed by atoms with Crippen molar-refractivity contribution in [3.05, 3.63) is 22.2 Å². The van der Waals surface area contributed by atoms with Gasteiger partial charge in [0.05, 0.1) is 7.11 Å². The van der Waals surface area contributed by atoms with Crippen LogP contribution in [0.2, 0.25) is 0 Å². The van der Waals surface area contributed by atoms with E-state index >= 15 is 0 Å². The van der Waals surface area contributed by atoms with Crippen LogP contribution in [0.1, 0.15) is 40.2 Å². The van der Waals surface area contributed by atoms with Crippen molar-refractivity contribution in [3.63, 3.8) is 0 Å². The van der Waals surface area contributed by atoms with Gasteiger partial charge in [0.15, 0.2) is 18.1 Å². The van der Waals surface area contributed by atoms with Crippen LogP contribution in [0, 0.1) is 5.92 Å². The standard InChI is InChI=1S/C19H29BrN2O5/c1-11(2)16(18(24)25)21-9-12-13(20)7-8-14(26-6)17(12)27-10-15(23)22-19(3,4)5/h7-8,11,16,21H,9-10H2,1-6H3,(H,22,23)(H,24,25). The first-order chi connectivity index (χ1) is 12.5. The van der Waals surface area contributed by atoms with E-state index in [-0.39, 0.29) is 30.5 Å². The second-order valence-electron chi connectivity index (χ2n) is 7.59. The van der Waals surface area contributed by atoms with Crippen molar-refractivity contribution in [2.75, 3.05) is 13.7 Å². The third kappa shape index (κ3) is 7.38. The highest BCUT2D eigenvalue weighted by Gasteiger charge is 2.23. The number of carbonyl (C=O) groups excluding carboxylic acids is 1. The van der Waals surface area contributed by atoms with E-state index in [0.29, 0.717) is 17.1 Å². The number of amides is 1. The molecule has 1 aromatic carbocycles.